The van der Waals surface area contributed by atoms with Crippen molar-refractivity contribution < 1.29 is 9.53 Å². The van der Waals surface area contributed by atoms with E-state index in [0.717, 1.165) is 38.2 Å². The van der Waals surface area contributed by atoms with Gasteiger partial charge in [-0.1, -0.05) is 19.3 Å². The molecule has 0 spiro atoms. The molecule has 0 aromatic heterocycles. The largest absolute Gasteiger partial charge is 0.378 e. The van der Waals surface area contributed by atoms with Gasteiger partial charge in [0.1, 0.15) is 0 Å². The number of carbonyl (C=O) groups is 1. The molecule has 2 saturated carbocycles. The molecule has 0 saturated heterocycles. The minimum Gasteiger partial charge on any atom is -0.378 e. The van der Waals surface area contributed by atoms with Crippen LogP contribution in [0, 0.1) is 5.92 Å². The predicted molar refractivity (Wildman–Crippen MR) is 75.8 cm³/mol. The number of nitrogens with two attached hydrogens (primary N) is 1. The summed E-state index contributed by atoms with van der Waals surface area (Å²) in [6.45, 7) is 0.864. The second-order valence-corrected chi connectivity index (χ2v) is 6.25. The summed E-state index contributed by atoms with van der Waals surface area (Å²) in [6, 6.07) is 0. The number of primary amides is 1. The zero-order valence-electron chi connectivity index (χ0n) is 12.1. The van der Waals surface area contributed by atoms with Crippen LogP contribution in [0.2, 0.25) is 0 Å². The van der Waals surface area contributed by atoms with Crippen LogP contribution in [-0.4, -0.2) is 31.2 Å². The SMILES string of the molecule is CNC1(C(N)=O)CCCC(OCC2CCCCC2)C1. The van der Waals surface area contributed by atoms with Gasteiger partial charge in [0.25, 0.3) is 0 Å². The fourth-order valence-corrected chi connectivity index (χ4v) is 3.57. The van der Waals surface area contributed by atoms with Crippen molar-refractivity contribution >= 4 is 5.91 Å². The van der Waals surface area contributed by atoms with Gasteiger partial charge in [0.05, 0.1) is 11.6 Å². The molecule has 4 heteroatoms. The molecule has 2 aliphatic rings. The maximum atomic E-state index is 11.7. The van der Waals surface area contributed by atoms with Crippen molar-refractivity contribution in [3.05, 3.63) is 0 Å². The second kappa shape index (κ2) is 6.71. The highest BCUT2D eigenvalue weighted by Crippen LogP contribution is 2.31. The van der Waals surface area contributed by atoms with E-state index in [-0.39, 0.29) is 12.0 Å². The number of carbonyl (C=O) groups excluding carboxylic acids is 1. The van der Waals surface area contributed by atoms with Crippen molar-refractivity contribution in [1.29, 1.82) is 0 Å². The molecule has 110 valence electrons. The lowest BCUT2D eigenvalue weighted by atomic mass is 9.79. The highest BCUT2D eigenvalue weighted by molar-refractivity contribution is 5.84. The Bertz CT molecular complexity index is 303. The van der Waals surface area contributed by atoms with Crippen LogP contribution in [0.25, 0.3) is 0 Å². The third-order valence-corrected chi connectivity index (χ3v) is 4.95. The maximum Gasteiger partial charge on any atom is 0.237 e. The van der Waals surface area contributed by atoms with Crippen molar-refractivity contribution in [3.8, 4) is 0 Å². The molecule has 0 bridgehead atoms. The van der Waals surface area contributed by atoms with Crippen molar-refractivity contribution in [2.24, 2.45) is 11.7 Å². The van der Waals surface area contributed by atoms with Crippen LogP contribution in [-0.2, 0) is 9.53 Å². The quantitative estimate of drug-likeness (QED) is 0.801. The van der Waals surface area contributed by atoms with Gasteiger partial charge in [-0.05, 0) is 45.1 Å². The summed E-state index contributed by atoms with van der Waals surface area (Å²) in [6.07, 6.45) is 10.5. The first-order chi connectivity index (χ1) is 9.16. The van der Waals surface area contributed by atoms with Crippen molar-refractivity contribution in [1.82, 2.24) is 5.32 Å². The number of hydrogen-bond donors (Lipinski definition) is 2. The normalized spacial score (nSPS) is 33.2. The minimum atomic E-state index is -0.546. The summed E-state index contributed by atoms with van der Waals surface area (Å²) < 4.78 is 6.08. The van der Waals surface area contributed by atoms with Gasteiger partial charge >= 0.3 is 0 Å². The fraction of sp³-hybridized carbons (Fsp3) is 0.933. The molecule has 2 atom stereocenters. The molecule has 2 rings (SSSR count). The van der Waals surface area contributed by atoms with E-state index in [1.54, 1.807) is 0 Å². The van der Waals surface area contributed by atoms with Crippen LogP contribution in [0.15, 0.2) is 0 Å². The molecule has 0 heterocycles. The average molecular weight is 268 g/mol. The lowest BCUT2D eigenvalue weighted by Crippen LogP contribution is -2.57. The van der Waals surface area contributed by atoms with Crippen LogP contribution in [0.4, 0.5) is 0 Å². The molecular weight excluding hydrogens is 240 g/mol. The molecular formula is C15H28N2O2. The van der Waals surface area contributed by atoms with Gasteiger partial charge in [0, 0.05) is 13.0 Å². The molecule has 19 heavy (non-hydrogen) atoms. The summed E-state index contributed by atoms with van der Waals surface area (Å²) in [5.41, 5.74) is 5.01. The van der Waals surface area contributed by atoms with E-state index in [4.69, 9.17) is 10.5 Å². The molecule has 2 unspecified atom stereocenters. The Hall–Kier alpha value is -0.610. The van der Waals surface area contributed by atoms with Crippen molar-refractivity contribution in [3.63, 3.8) is 0 Å². The smallest absolute Gasteiger partial charge is 0.237 e. The zero-order valence-corrected chi connectivity index (χ0v) is 12.1. The molecule has 3 N–H and O–H groups in total. The topological polar surface area (TPSA) is 64.3 Å². The first-order valence-electron chi connectivity index (χ1n) is 7.77. The second-order valence-electron chi connectivity index (χ2n) is 6.25. The van der Waals surface area contributed by atoms with Crippen LogP contribution in [0.3, 0.4) is 0 Å². The minimum absolute atomic E-state index is 0.190. The van der Waals surface area contributed by atoms with Gasteiger partial charge in [0.15, 0.2) is 0 Å². The first kappa shape index (κ1) is 14.8. The third kappa shape index (κ3) is 3.69. The molecule has 2 aliphatic carbocycles. The molecule has 1 amide bonds. The Morgan fingerprint density at radius 1 is 1.26 bits per heavy atom. The van der Waals surface area contributed by atoms with E-state index in [2.05, 4.69) is 5.32 Å². The average Bonchev–Trinajstić information content (AvgIpc) is 2.46. The predicted octanol–water partition coefficient (Wildman–Crippen LogP) is 1.97. The summed E-state index contributed by atoms with van der Waals surface area (Å²) in [7, 11) is 1.83. The highest BCUT2D eigenvalue weighted by atomic mass is 16.5. The number of likely N-dealkylation sites (N-methyl/N-ethyl adjacent to an activating group) is 1. The molecule has 2 fully saturated rings. The zero-order chi connectivity index (χ0) is 13.7. The van der Waals surface area contributed by atoms with Crippen LogP contribution >= 0.6 is 0 Å². The van der Waals surface area contributed by atoms with Gasteiger partial charge in [-0.25, -0.2) is 0 Å². The molecule has 4 nitrogen and oxygen atoms in total. The van der Waals surface area contributed by atoms with E-state index in [0.29, 0.717) is 0 Å². The van der Waals surface area contributed by atoms with Gasteiger partial charge in [0.2, 0.25) is 5.91 Å². The van der Waals surface area contributed by atoms with Crippen LogP contribution < -0.4 is 11.1 Å². The van der Waals surface area contributed by atoms with E-state index < -0.39 is 5.54 Å². The van der Waals surface area contributed by atoms with Crippen molar-refractivity contribution in [2.45, 2.75) is 69.4 Å². The van der Waals surface area contributed by atoms with Crippen LogP contribution in [0.5, 0.6) is 0 Å². The maximum absolute atomic E-state index is 11.7. The lowest BCUT2D eigenvalue weighted by Gasteiger charge is -2.38. The van der Waals surface area contributed by atoms with E-state index in [1.807, 2.05) is 7.05 Å². The molecule has 0 aromatic carbocycles. The van der Waals surface area contributed by atoms with Gasteiger partial charge < -0.3 is 15.8 Å². The standard InChI is InChI=1S/C15H28N2O2/c1-17-15(14(16)18)9-5-8-13(10-15)19-11-12-6-3-2-4-7-12/h12-13,17H,2-11H2,1H3,(H2,16,18). The summed E-state index contributed by atoms with van der Waals surface area (Å²) in [5.74, 6) is 0.495. The summed E-state index contributed by atoms with van der Waals surface area (Å²) in [5, 5.41) is 3.13. The number of rotatable bonds is 5. The first-order valence-corrected chi connectivity index (χ1v) is 7.77. The van der Waals surface area contributed by atoms with Crippen molar-refractivity contribution in [2.75, 3.05) is 13.7 Å². The Morgan fingerprint density at radius 3 is 2.63 bits per heavy atom. The lowest BCUT2D eigenvalue weighted by molar-refractivity contribution is -0.128. The number of nitrogens with one attached hydrogen (secondary N) is 1. The Morgan fingerprint density at radius 2 is 2.00 bits per heavy atom. The molecule has 0 radical (unpaired) electrons. The number of ether oxygens (including phenoxy) is 1. The van der Waals surface area contributed by atoms with E-state index in [9.17, 15) is 4.79 Å². The Balaban J connectivity index is 1.81. The Labute approximate surface area is 116 Å². The Kier molecular flexibility index (Phi) is 5.22. The summed E-state index contributed by atoms with van der Waals surface area (Å²) in [4.78, 5) is 11.7. The van der Waals surface area contributed by atoms with E-state index >= 15 is 0 Å². The molecule has 0 aliphatic heterocycles. The monoisotopic (exact) mass is 268 g/mol. The van der Waals surface area contributed by atoms with Gasteiger partial charge in [-0.15, -0.1) is 0 Å². The number of amides is 1. The van der Waals surface area contributed by atoms with Crippen LogP contribution in [0.1, 0.15) is 57.8 Å². The fourth-order valence-electron chi connectivity index (χ4n) is 3.57. The highest BCUT2D eigenvalue weighted by Gasteiger charge is 2.40. The number of hydrogen-bond acceptors (Lipinski definition) is 3. The van der Waals surface area contributed by atoms with Gasteiger partial charge in [-0.2, -0.15) is 0 Å². The third-order valence-electron chi connectivity index (χ3n) is 4.95. The van der Waals surface area contributed by atoms with Gasteiger partial charge in [-0.3, -0.25) is 4.79 Å². The van der Waals surface area contributed by atoms with E-state index in [1.165, 1.54) is 32.1 Å². The molecule has 0 aromatic rings. The summed E-state index contributed by atoms with van der Waals surface area (Å²) >= 11 is 0.